The molecule has 1 unspecified atom stereocenters. The average molecular weight is 352 g/mol. The van der Waals surface area contributed by atoms with Gasteiger partial charge in [0.25, 0.3) is 0 Å². The Hall–Kier alpha value is -2.62. The van der Waals surface area contributed by atoms with Crippen molar-refractivity contribution in [3.63, 3.8) is 0 Å². The van der Waals surface area contributed by atoms with Crippen LogP contribution in [0.15, 0.2) is 54.6 Å². The Morgan fingerprint density at radius 3 is 2.38 bits per heavy atom. The minimum absolute atomic E-state index is 0.00545. The number of hydrogen-bond donors (Lipinski definition) is 1. The number of likely N-dealkylation sites (N-methyl/N-ethyl adjacent to an activating group) is 1. The molecule has 0 heterocycles. The van der Waals surface area contributed by atoms with Crippen LogP contribution >= 0.6 is 0 Å². The molecular formula is C22H28N2O2. The molecule has 0 spiro atoms. The van der Waals surface area contributed by atoms with Gasteiger partial charge in [-0.25, -0.2) is 0 Å². The molecule has 2 rings (SSSR count). The summed E-state index contributed by atoms with van der Waals surface area (Å²) < 4.78 is 0. The zero-order valence-corrected chi connectivity index (χ0v) is 15.9. The van der Waals surface area contributed by atoms with Gasteiger partial charge in [0.1, 0.15) is 6.04 Å². The molecule has 0 aliphatic rings. The van der Waals surface area contributed by atoms with E-state index < -0.39 is 6.04 Å². The van der Waals surface area contributed by atoms with Crippen LogP contribution in [0.3, 0.4) is 0 Å². The fourth-order valence-electron chi connectivity index (χ4n) is 2.95. The molecule has 0 aromatic heterocycles. The first-order valence-electron chi connectivity index (χ1n) is 9.18. The molecule has 0 aliphatic heterocycles. The van der Waals surface area contributed by atoms with E-state index in [0.29, 0.717) is 25.9 Å². The minimum Gasteiger partial charge on any atom is -0.355 e. The van der Waals surface area contributed by atoms with Crippen LogP contribution in [0.25, 0.3) is 0 Å². The van der Waals surface area contributed by atoms with Crippen LogP contribution in [-0.2, 0) is 22.6 Å². The van der Waals surface area contributed by atoms with Gasteiger partial charge < -0.3 is 10.2 Å². The maximum absolute atomic E-state index is 12.9. The van der Waals surface area contributed by atoms with Crippen molar-refractivity contribution < 1.29 is 9.59 Å². The molecule has 26 heavy (non-hydrogen) atoms. The van der Waals surface area contributed by atoms with Gasteiger partial charge in [-0.1, -0.05) is 60.2 Å². The highest BCUT2D eigenvalue weighted by atomic mass is 16.2. The molecule has 0 fully saturated rings. The molecule has 2 amide bonds. The first-order valence-corrected chi connectivity index (χ1v) is 9.18. The van der Waals surface area contributed by atoms with Gasteiger partial charge in [0.05, 0.1) is 0 Å². The predicted octanol–water partition coefficient (Wildman–Crippen LogP) is 3.48. The Bertz CT molecular complexity index is 728. The van der Waals surface area contributed by atoms with Crippen molar-refractivity contribution in [2.45, 2.75) is 46.2 Å². The monoisotopic (exact) mass is 352 g/mol. The van der Waals surface area contributed by atoms with Crippen molar-refractivity contribution in [3.05, 3.63) is 71.3 Å². The minimum atomic E-state index is -0.501. The summed E-state index contributed by atoms with van der Waals surface area (Å²) in [7, 11) is 0. The number of benzene rings is 2. The largest absolute Gasteiger partial charge is 0.355 e. The second kappa shape index (κ2) is 9.76. The van der Waals surface area contributed by atoms with E-state index in [1.165, 1.54) is 0 Å². The Labute approximate surface area is 156 Å². The van der Waals surface area contributed by atoms with Crippen LogP contribution in [0.4, 0.5) is 0 Å². The highest BCUT2D eigenvalue weighted by Crippen LogP contribution is 2.14. The van der Waals surface area contributed by atoms with E-state index in [-0.39, 0.29) is 11.8 Å². The summed E-state index contributed by atoms with van der Waals surface area (Å²) in [5.41, 5.74) is 3.31. The lowest BCUT2D eigenvalue weighted by Crippen LogP contribution is -2.47. The Morgan fingerprint density at radius 2 is 1.73 bits per heavy atom. The second-order valence-electron chi connectivity index (χ2n) is 6.57. The molecule has 138 valence electrons. The summed E-state index contributed by atoms with van der Waals surface area (Å²) in [5.74, 6) is -0.123. The maximum atomic E-state index is 12.9. The van der Waals surface area contributed by atoms with Gasteiger partial charge in [-0.3, -0.25) is 9.59 Å². The first-order chi connectivity index (χ1) is 12.5. The lowest BCUT2D eigenvalue weighted by atomic mass is 10.1. The summed E-state index contributed by atoms with van der Waals surface area (Å²) in [4.78, 5) is 26.9. The number of rotatable bonds is 8. The number of carbonyl (C=O) groups excluding carboxylic acids is 2. The summed E-state index contributed by atoms with van der Waals surface area (Å²) >= 11 is 0. The lowest BCUT2D eigenvalue weighted by molar-refractivity contribution is -0.140. The second-order valence-corrected chi connectivity index (χ2v) is 6.57. The molecule has 0 saturated heterocycles. The van der Waals surface area contributed by atoms with Crippen LogP contribution in [-0.4, -0.2) is 29.3 Å². The van der Waals surface area contributed by atoms with Crippen LogP contribution in [0.2, 0.25) is 0 Å². The zero-order chi connectivity index (χ0) is 18.9. The Kier molecular flexibility index (Phi) is 7.39. The zero-order valence-electron chi connectivity index (χ0n) is 15.9. The topological polar surface area (TPSA) is 49.4 Å². The molecule has 2 aromatic rings. The van der Waals surface area contributed by atoms with Crippen molar-refractivity contribution in [2.75, 3.05) is 6.54 Å². The molecule has 1 atom stereocenters. The van der Waals surface area contributed by atoms with Crippen LogP contribution in [0.1, 0.15) is 37.0 Å². The molecule has 4 heteroatoms. The SMILES string of the molecule is CCNC(=O)C(C)N(Cc1cccc(C)c1)C(=O)CCc1ccccc1. The predicted molar refractivity (Wildman–Crippen MR) is 105 cm³/mol. The molecule has 0 saturated carbocycles. The quantitative estimate of drug-likeness (QED) is 0.791. The molecule has 0 bridgehead atoms. The van der Waals surface area contributed by atoms with Gasteiger partial charge in [0, 0.05) is 19.5 Å². The van der Waals surface area contributed by atoms with Crippen LogP contribution in [0.5, 0.6) is 0 Å². The van der Waals surface area contributed by atoms with Crippen molar-refractivity contribution in [1.29, 1.82) is 0 Å². The molecular weight excluding hydrogens is 324 g/mol. The maximum Gasteiger partial charge on any atom is 0.242 e. The van der Waals surface area contributed by atoms with Gasteiger partial charge in [-0.2, -0.15) is 0 Å². The number of nitrogens with zero attached hydrogens (tertiary/aromatic N) is 1. The smallest absolute Gasteiger partial charge is 0.242 e. The van der Waals surface area contributed by atoms with Crippen molar-refractivity contribution >= 4 is 11.8 Å². The molecule has 1 N–H and O–H groups in total. The number of hydrogen-bond acceptors (Lipinski definition) is 2. The molecule has 0 radical (unpaired) electrons. The highest BCUT2D eigenvalue weighted by Gasteiger charge is 2.25. The van der Waals surface area contributed by atoms with E-state index in [4.69, 9.17) is 0 Å². The lowest BCUT2D eigenvalue weighted by Gasteiger charge is -2.29. The van der Waals surface area contributed by atoms with E-state index in [1.54, 1.807) is 11.8 Å². The standard InChI is InChI=1S/C22H28N2O2/c1-4-23-22(26)18(3)24(16-20-12-8-9-17(2)15-20)21(25)14-13-19-10-6-5-7-11-19/h5-12,15,18H,4,13-14,16H2,1-3H3,(H,23,26). The van der Waals surface area contributed by atoms with Crippen LogP contribution in [0, 0.1) is 6.92 Å². The van der Waals surface area contributed by atoms with E-state index >= 15 is 0 Å². The summed E-state index contributed by atoms with van der Waals surface area (Å²) in [5, 5.41) is 2.82. The third-order valence-electron chi connectivity index (χ3n) is 4.42. The van der Waals surface area contributed by atoms with Crippen molar-refractivity contribution in [1.82, 2.24) is 10.2 Å². The normalized spacial score (nSPS) is 11.7. The van der Waals surface area contributed by atoms with Gasteiger partial charge in [-0.15, -0.1) is 0 Å². The first kappa shape index (κ1) is 19.7. The number of amides is 2. The van der Waals surface area contributed by atoms with Gasteiger partial charge in [0.15, 0.2) is 0 Å². The number of nitrogens with one attached hydrogen (secondary N) is 1. The molecule has 2 aromatic carbocycles. The third kappa shape index (κ3) is 5.73. The van der Waals surface area contributed by atoms with E-state index in [9.17, 15) is 9.59 Å². The number of aryl methyl sites for hydroxylation is 2. The third-order valence-corrected chi connectivity index (χ3v) is 4.42. The fourth-order valence-corrected chi connectivity index (χ4v) is 2.95. The Balaban J connectivity index is 2.12. The highest BCUT2D eigenvalue weighted by molar-refractivity contribution is 5.87. The summed E-state index contributed by atoms with van der Waals surface area (Å²) in [6.45, 7) is 6.69. The van der Waals surface area contributed by atoms with E-state index in [2.05, 4.69) is 11.4 Å². The van der Waals surface area contributed by atoms with Gasteiger partial charge >= 0.3 is 0 Å². The fraction of sp³-hybridized carbons (Fsp3) is 0.364. The van der Waals surface area contributed by atoms with Crippen LogP contribution < -0.4 is 5.32 Å². The number of carbonyl (C=O) groups is 2. The van der Waals surface area contributed by atoms with Crippen molar-refractivity contribution in [2.24, 2.45) is 0 Å². The Morgan fingerprint density at radius 1 is 1.04 bits per heavy atom. The molecule has 0 aliphatic carbocycles. The summed E-state index contributed by atoms with van der Waals surface area (Å²) in [6.07, 6.45) is 1.06. The van der Waals surface area contributed by atoms with E-state index in [0.717, 1.165) is 16.7 Å². The van der Waals surface area contributed by atoms with Gasteiger partial charge in [0.2, 0.25) is 11.8 Å². The average Bonchev–Trinajstić information content (AvgIpc) is 2.64. The van der Waals surface area contributed by atoms with E-state index in [1.807, 2.05) is 62.4 Å². The van der Waals surface area contributed by atoms with Gasteiger partial charge in [-0.05, 0) is 38.3 Å². The van der Waals surface area contributed by atoms with Crippen molar-refractivity contribution in [3.8, 4) is 0 Å². The molecule has 4 nitrogen and oxygen atoms in total. The summed E-state index contributed by atoms with van der Waals surface area (Å²) in [6, 6.07) is 17.5.